The second-order valence-electron chi connectivity index (χ2n) is 2.15. The van der Waals surface area contributed by atoms with Crippen molar-refractivity contribution in [2.24, 2.45) is 5.90 Å². The van der Waals surface area contributed by atoms with Gasteiger partial charge in [0.2, 0.25) is 0 Å². The summed E-state index contributed by atoms with van der Waals surface area (Å²) in [5.74, 6) is 4.25. The summed E-state index contributed by atoms with van der Waals surface area (Å²) in [6.07, 6.45) is 0.233. The number of carbonyl (C=O) groups excluding carboxylic acids is 1. The van der Waals surface area contributed by atoms with Crippen LogP contribution in [0.15, 0.2) is 30.3 Å². The molecule has 0 spiro atoms. The van der Waals surface area contributed by atoms with E-state index >= 15 is 0 Å². The van der Waals surface area contributed by atoms with Crippen LogP contribution in [-0.2, 0) is 16.1 Å². The van der Waals surface area contributed by atoms with E-state index in [2.05, 4.69) is 10.7 Å². The van der Waals surface area contributed by atoms with Gasteiger partial charge in [0.1, 0.15) is 0 Å². The molecule has 0 saturated carbocycles. The molecule has 0 aromatic heterocycles. The van der Waals surface area contributed by atoms with Crippen molar-refractivity contribution in [3.63, 3.8) is 0 Å². The Balaban J connectivity index is 0.00000121. The molecule has 12 heavy (non-hydrogen) atoms. The molecule has 3 nitrogen and oxygen atoms in total. The second kappa shape index (κ2) is 6.76. The molecule has 0 bridgehead atoms. The van der Waals surface area contributed by atoms with Crippen LogP contribution < -0.4 is 5.90 Å². The maximum absolute atomic E-state index is 10.6. The van der Waals surface area contributed by atoms with Crippen LogP contribution in [0.2, 0.25) is 0 Å². The number of carbonyl (C=O) groups is 1. The van der Waals surface area contributed by atoms with Gasteiger partial charge in [-0.15, -0.1) is 0 Å². The van der Waals surface area contributed by atoms with Crippen LogP contribution in [0.3, 0.4) is 0 Å². The van der Waals surface area contributed by atoms with E-state index in [1.807, 2.05) is 30.3 Å². The summed E-state index contributed by atoms with van der Waals surface area (Å²) >= 11 is 0. The number of hydrogen-bond acceptors (Lipinski definition) is 3. The van der Waals surface area contributed by atoms with Crippen LogP contribution in [-0.4, -0.2) is 57.4 Å². The van der Waals surface area contributed by atoms with Gasteiger partial charge in [-0.25, -0.2) is 0 Å². The molecule has 0 aliphatic carbocycles. The molecule has 0 atom stereocenters. The van der Waals surface area contributed by atoms with Gasteiger partial charge in [-0.3, -0.25) is 4.79 Å². The van der Waals surface area contributed by atoms with Crippen molar-refractivity contribution in [3.8, 4) is 0 Å². The summed E-state index contributed by atoms with van der Waals surface area (Å²) < 4.78 is 0. The van der Waals surface area contributed by atoms with Gasteiger partial charge in [0.15, 0.2) is 0 Å². The quantitative estimate of drug-likeness (QED) is 0.528. The molecule has 0 saturated heterocycles. The Hall–Kier alpha value is 0.286. The molecular weight excluding hydrogens is 181 g/mol. The van der Waals surface area contributed by atoms with E-state index in [-0.39, 0.29) is 57.8 Å². The molecule has 0 amide bonds. The fourth-order valence-corrected chi connectivity index (χ4v) is 0.804. The van der Waals surface area contributed by atoms with Crippen LogP contribution in [0.25, 0.3) is 0 Å². The standard InChI is InChI=1S/C8H9NO2.K.H/c9-11-8(10)6-7-4-2-1-3-5-7;;/h1-5H,6,9H2;;. The van der Waals surface area contributed by atoms with E-state index < -0.39 is 5.97 Å². The van der Waals surface area contributed by atoms with Gasteiger partial charge in [-0.2, -0.15) is 5.90 Å². The third-order valence-electron chi connectivity index (χ3n) is 1.32. The van der Waals surface area contributed by atoms with Crippen molar-refractivity contribution >= 4 is 57.4 Å². The molecule has 0 radical (unpaired) electrons. The maximum atomic E-state index is 10.6. The number of nitrogens with two attached hydrogens (primary N) is 1. The Morgan fingerprint density at radius 3 is 2.42 bits per heavy atom. The van der Waals surface area contributed by atoms with Gasteiger partial charge in [0, 0.05) is 0 Å². The van der Waals surface area contributed by atoms with Crippen molar-refractivity contribution in [2.45, 2.75) is 6.42 Å². The predicted octanol–water partition coefficient (Wildman–Crippen LogP) is -0.00250. The summed E-state index contributed by atoms with van der Waals surface area (Å²) in [4.78, 5) is 14.6. The van der Waals surface area contributed by atoms with E-state index in [1.165, 1.54) is 0 Å². The molecule has 1 rings (SSSR count). The Kier molecular flexibility index (Phi) is 6.93. The first-order valence-corrected chi connectivity index (χ1v) is 3.26. The van der Waals surface area contributed by atoms with Crippen LogP contribution >= 0.6 is 0 Å². The fourth-order valence-electron chi connectivity index (χ4n) is 0.804. The first-order chi connectivity index (χ1) is 5.33. The summed E-state index contributed by atoms with van der Waals surface area (Å²) in [5.41, 5.74) is 0.906. The number of hydrogen-bond donors (Lipinski definition) is 1. The van der Waals surface area contributed by atoms with Gasteiger partial charge < -0.3 is 4.84 Å². The van der Waals surface area contributed by atoms with Gasteiger partial charge in [-0.05, 0) is 5.56 Å². The van der Waals surface area contributed by atoms with Gasteiger partial charge in [-0.1, -0.05) is 30.3 Å². The summed E-state index contributed by atoms with van der Waals surface area (Å²) in [6.45, 7) is 0. The summed E-state index contributed by atoms with van der Waals surface area (Å²) in [6, 6.07) is 9.30. The van der Waals surface area contributed by atoms with Crippen molar-refractivity contribution in [1.29, 1.82) is 0 Å². The zero-order valence-electron chi connectivity index (χ0n) is 5.99. The van der Waals surface area contributed by atoms with Crippen LogP contribution in [0.5, 0.6) is 0 Å². The molecule has 0 aliphatic rings. The third kappa shape index (κ3) is 4.35. The zero-order chi connectivity index (χ0) is 8.10. The van der Waals surface area contributed by atoms with E-state index in [4.69, 9.17) is 0 Å². The predicted molar refractivity (Wildman–Crippen MR) is 47.6 cm³/mol. The first-order valence-electron chi connectivity index (χ1n) is 3.26. The zero-order valence-corrected chi connectivity index (χ0v) is 5.99. The van der Waals surface area contributed by atoms with Gasteiger partial charge >= 0.3 is 57.4 Å². The summed E-state index contributed by atoms with van der Waals surface area (Å²) in [5, 5.41) is 0. The van der Waals surface area contributed by atoms with E-state index in [1.54, 1.807) is 0 Å². The van der Waals surface area contributed by atoms with Crippen molar-refractivity contribution in [2.75, 3.05) is 0 Å². The number of rotatable bonds is 2. The molecule has 2 N–H and O–H groups in total. The van der Waals surface area contributed by atoms with Gasteiger partial charge in [0.05, 0.1) is 6.42 Å². The first kappa shape index (κ1) is 12.3. The fraction of sp³-hybridized carbons (Fsp3) is 0.125. The van der Waals surface area contributed by atoms with Crippen LogP contribution in [0, 0.1) is 0 Å². The normalized spacial score (nSPS) is 8.42. The molecule has 1 aromatic carbocycles. The minimum atomic E-state index is -0.420. The van der Waals surface area contributed by atoms with E-state index in [0.29, 0.717) is 0 Å². The molecule has 0 aliphatic heterocycles. The van der Waals surface area contributed by atoms with Crippen LogP contribution in [0.4, 0.5) is 0 Å². The SMILES string of the molecule is NOC(=O)Cc1ccccc1.[KH]. The van der Waals surface area contributed by atoms with Crippen molar-refractivity contribution in [3.05, 3.63) is 35.9 Å². The molecule has 0 unspecified atom stereocenters. The molecule has 1 aromatic rings. The topological polar surface area (TPSA) is 52.3 Å². The third-order valence-corrected chi connectivity index (χ3v) is 1.32. The molecular formula is C8H10KNO2. The average Bonchev–Trinajstić information content (AvgIpc) is 2.06. The van der Waals surface area contributed by atoms with E-state index in [0.717, 1.165) is 5.56 Å². The number of benzene rings is 1. The minimum absolute atomic E-state index is 0. The second-order valence-corrected chi connectivity index (χ2v) is 2.15. The van der Waals surface area contributed by atoms with Crippen molar-refractivity contribution < 1.29 is 9.63 Å². The molecule has 60 valence electrons. The Bertz CT molecular complexity index is 238. The molecule has 4 heteroatoms. The molecule has 0 fully saturated rings. The Morgan fingerprint density at radius 2 is 1.92 bits per heavy atom. The van der Waals surface area contributed by atoms with Crippen LogP contribution in [0.1, 0.15) is 5.56 Å². The average molecular weight is 191 g/mol. The van der Waals surface area contributed by atoms with Gasteiger partial charge in [0.25, 0.3) is 0 Å². The Labute approximate surface area is 114 Å². The molecule has 0 heterocycles. The summed E-state index contributed by atoms with van der Waals surface area (Å²) in [7, 11) is 0. The monoisotopic (exact) mass is 191 g/mol. The van der Waals surface area contributed by atoms with Crippen molar-refractivity contribution in [1.82, 2.24) is 0 Å². The Morgan fingerprint density at radius 1 is 1.33 bits per heavy atom. The van der Waals surface area contributed by atoms with E-state index in [9.17, 15) is 4.79 Å².